The maximum Gasteiger partial charge on any atom is 0.272 e. The van der Waals surface area contributed by atoms with E-state index in [-0.39, 0.29) is 5.69 Å². The highest BCUT2D eigenvalue weighted by atomic mass is 16.6. The zero-order valence-corrected chi connectivity index (χ0v) is 11.8. The van der Waals surface area contributed by atoms with E-state index in [2.05, 4.69) is 5.32 Å². The largest absolute Gasteiger partial charge is 0.493 e. The molecule has 1 unspecified atom stereocenters. The van der Waals surface area contributed by atoms with Gasteiger partial charge in [0.05, 0.1) is 17.6 Å². The summed E-state index contributed by atoms with van der Waals surface area (Å²) in [5.41, 5.74) is 6.49. The van der Waals surface area contributed by atoms with Crippen molar-refractivity contribution in [3.8, 4) is 5.75 Å². The molecule has 0 aliphatic heterocycles. The first-order chi connectivity index (χ1) is 9.36. The number of amides is 1. The molecule has 1 rings (SSSR count). The Kier molecular flexibility index (Phi) is 5.45. The van der Waals surface area contributed by atoms with E-state index in [9.17, 15) is 14.9 Å². The van der Waals surface area contributed by atoms with Gasteiger partial charge in [0, 0.05) is 18.1 Å². The molecule has 0 aromatic heterocycles. The number of carbonyl (C=O) groups is 1. The normalized spacial score (nSPS) is 11.9. The van der Waals surface area contributed by atoms with Crippen molar-refractivity contribution in [3.05, 3.63) is 33.4 Å². The molecule has 110 valence electrons. The molecule has 3 N–H and O–H groups in total. The van der Waals surface area contributed by atoms with Crippen molar-refractivity contribution in [3.63, 3.8) is 0 Å². The SMILES string of the molecule is CNC(CCOc1cc(C)c([N+](=O)[O-])cc1C)C(N)=O. The molecule has 0 saturated carbocycles. The van der Waals surface area contributed by atoms with Gasteiger partial charge in [-0.2, -0.15) is 0 Å². The highest BCUT2D eigenvalue weighted by Gasteiger charge is 2.15. The van der Waals surface area contributed by atoms with Crippen LogP contribution < -0.4 is 15.8 Å². The number of nitrogens with zero attached hydrogens (tertiary/aromatic N) is 1. The maximum atomic E-state index is 11.0. The Hall–Kier alpha value is -2.15. The number of benzene rings is 1. The van der Waals surface area contributed by atoms with Gasteiger partial charge < -0.3 is 15.8 Å². The minimum absolute atomic E-state index is 0.0695. The standard InChI is InChI=1S/C13H19N3O4/c1-8-7-12(9(2)6-11(8)16(18)19)20-5-4-10(15-3)13(14)17/h6-7,10,15H,4-5H2,1-3H3,(H2,14,17). The third-order valence-corrected chi connectivity index (χ3v) is 3.05. The Labute approximate surface area is 117 Å². The van der Waals surface area contributed by atoms with Crippen molar-refractivity contribution in [2.45, 2.75) is 26.3 Å². The molecule has 0 heterocycles. The van der Waals surface area contributed by atoms with Crippen LogP contribution in [0.5, 0.6) is 5.75 Å². The lowest BCUT2D eigenvalue weighted by molar-refractivity contribution is -0.385. The second kappa shape index (κ2) is 6.85. The van der Waals surface area contributed by atoms with E-state index in [0.29, 0.717) is 29.9 Å². The molecule has 1 atom stereocenters. The van der Waals surface area contributed by atoms with Crippen molar-refractivity contribution < 1.29 is 14.5 Å². The van der Waals surface area contributed by atoms with Gasteiger partial charge >= 0.3 is 0 Å². The number of likely N-dealkylation sites (N-methyl/N-ethyl adjacent to an activating group) is 1. The Morgan fingerprint density at radius 3 is 2.60 bits per heavy atom. The first-order valence-corrected chi connectivity index (χ1v) is 6.21. The molecule has 0 fully saturated rings. The maximum absolute atomic E-state index is 11.0. The molecule has 1 aromatic carbocycles. The van der Waals surface area contributed by atoms with Crippen LogP contribution >= 0.6 is 0 Å². The van der Waals surface area contributed by atoms with E-state index in [1.165, 1.54) is 6.07 Å². The van der Waals surface area contributed by atoms with Crippen molar-refractivity contribution in [1.82, 2.24) is 5.32 Å². The fourth-order valence-electron chi connectivity index (χ4n) is 1.84. The van der Waals surface area contributed by atoms with Gasteiger partial charge in [-0.3, -0.25) is 14.9 Å². The molecule has 0 bridgehead atoms. The van der Waals surface area contributed by atoms with Gasteiger partial charge in [0.15, 0.2) is 0 Å². The van der Waals surface area contributed by atoms with Crippen molar-refractivity contribution in [1.29, 1.82) is 0 Å². The smallest absolute Gasteiger partial charge is 0.272 e. The number of nitrogens with one attached hydrogen (secondary N) is 1. The second-order valence-electron chi connectivity index (χ2n) is 4.54. The fourth-order valence-corrected chi connectivity index (χ4v) is 1.84. The molecule has 0 spiro atoms. The number of primary amides is 1. The first-order valence-electron chi connectivity index (χ1n) is 6.21. The molecule has 1 amide bonds. The van der Waals surface area contributed by atoms with Gasteiger partial charge in [0.2, 0.25) is 5.91 Å². The summed E-state index contributed by atoms with van der Waals surface area (Å²) in [7, 11) is 1.65. The second-order valence-corrected chi connectivity index (χ2v) is 4.54. The van der Waals surface area contributed by atoms with Crippen molar-refractivity contribution in [2.75, 3.05) is 13.7 Å². The van der Waals surface area contributed by atoms with E-state index in [4.69, 9.17) is 10.5 Å². The average molecular weight is 281 g/mol. The lowest BCUT2D eigenvalue weighted by atomic mass is 10.1. The molecule has 1 aromatic rings. The lowest BCUT2D eigenvalue weighted by Crippen LogP contribution is -2.40. The van der Waals surface area contributed by atoms with Crippen LogP contribution in [0.3, 0.4) is 0 Å². The molecule has 0 radical (unpaired) electrons. The highest BCUT2D eigenvalue weighted by Crippen LogP contribution is 2.27. The number of hydrogen-bond donors (Lipinski definition) is 2. The van der Waals surface area contributed by atoms with Crippen LogP contribution in [0.15, 0.2) is 12.1 Å². The van der Waals surface area contributed by atoms with E-state index in [1.54, 1.807) is 27.0 Å². The molecule has 7 heteroatoms. The van der Waals surface area contributed by atoms with Gasteiger partial charge in [-0.25, -0.2) is 0 Å². The summed E-state index contributed by atoms with van der Waals surface area (Å²) in [6.45, 7) is 3.70. The first kappa shape index (κ1) is 15.9. The quantitative estimate of drug-likeness (QED) is 0.574. The predicted octanol–water partition coefficient (Wildman–Crippen LogP) is 1.05. The van der Waals surface area contributed by atoms with E-state index in [1.807, 2.05) is 0 Å². The van der Waals surface area contributed by atoms with Crippen LogP contribution in [0.25, 0.3) is 0 Å². The number of hydrogen-bond acceptors (Lipinski definition) is 5. The Balaban J connectivity index is 2.72. The summed E-state index contributed by atoms with van der Waals surface area (Å²) in [6.07, 6.45) is 0.432. The van der Waals surface area contributed by atoms with Crippen LogP contribution in [0.4, 0.5) is 5.69 Å². The number of nitro benzene ring substituents is 1. The summed E-state index contributed by atoms with van der Waals surface area (Å²) >= 11 is 0. The Bertz CT molecular complexity index is 517. The summed E-state index contributed by atoms with van der Waals surface area (Å²) in [5, 5.41) is 13.6. The van der Waals surface area contributed by atoms with Crippen LogP contribution in [0, 0.1) is 24.0 Å². The summed E-state index contributed by atoms with van der Waals surface area (Å²) in [4.78, 5) is 21.4. The Morgan fingerprint density at radius 2 is 2.10 bits per heavy atom. The summed E-state index contributed by atoms with van der Waals surface area (Å²) in [5.74, 6) is 0.139. The monoisotopic (exact) mass is 281 g/mol. The van der Waals surface area contributed by atoms with Gasteiger partial charge in [-0.05, 0) is 32.5 Å². The van der Waals surface area contributed by atoms with Gasteiger partial charge in [0.25, 0.3) is 5.69 Å². The van der Waals surface area contributed by atoms with E-state index >= 15 is 0 Å². The third-order valence-electron chi connectivity index (χ3n) is 3.05. The van der Waals surface area contributed by atoms with Crippen molar-refractivity contribution >= 4 is 11.6 Å². The number of ether oxygens (including phenoxy) is 1. The van der Waals surface area contributed by atoms with Gasteiger partial charge in [0.1, 0.15) is 5.75 Å². The summed E-state index contributed by atoms with van der Waals surface area (Å²) < 4.78 is 5.56. The molecule has 20 heavy (non-hydrogen) atoms. The zero-order chi connectivity index (χ0) is 15.3. The van der Waals surface area contributed by atoms with Crippen LogP contribution in [-0.4, -0.2) is 30.5 Å². The lowest BCUT2D eigenvalue weighted by Gasteiger charge is -2.14. The molecule has 0 saturated heterocycles. The number of nitro groups is 1. The molecule has 7 nitrogen and oxygen atoms in total. The topological polar surface area (TPSA) is 107 Å². The number of aryl methyl sites for hydroxylation is 2. The van der Waals surface area contributed by atoms with Crippen LogP contribution in [-0.2, 0) is 4.79 Å². The average Bonchev–Trinajstić information content (AvgIpc) is 2.37. The number of rotatable bonds is 7. The molecular formula is C13H19N3O4. The highest BCUT2D eigenvalue weighted by molar-refractivity contribution is 5.79. The minimum Gasteiger partial charge on any atom is -0.493 e. The zero-order valence-electron chi connectivity index (χ0n) is 11.8. The van der Waals surface area contributed by atoms with E-state index < -0.39 is 16.9 Å². The van der Waals surface area contributed by atoms with Crippen LogP contribution in [0.2, 0.25) is 0 Å². The molecule has 0 aliphatic carbocycles. The molecular weight excluding hydrogens is 262 g/mol. The van der Waals surface area contributed by atoms with Crippen molar-refractivity contribution in [2.24, 2.45) is 5.73 Å². The predicted molar refractivity (Wildman–Crippen MR) is 74.7 cm³/mol. The molecule has 0 aliphatic rings. The third kappa shape index (κ3) is 3.92. The fraction of sp³-hybridized carbons (Fsp3) is 0.462. The summed E-state index contributed by atoms with van der Waals surface area (Å²) in [6, 6.07) is 2.66. The Morgan fingerprint density at radius 1 is 1.45 bits per heavy atom. The minimum atomic E-state index is -0.450. The van der Waals surface area contributed by atoms with Gasteiger partial charge in [-0.15, -0.1) is 0 Å². The van der Waals surface area contributed by atoms with Gasteiger partial charge in [-0.1, -0.05) is 0 Å². The number of carbonyl (C=O) groups excluding carboxylic acids is 1. The number of nitrogens with two attached hydrogens (primary N) is 1. The van der Waals surface area contributed by atoms with E-state index in [0.717, 1.165) is 0 Å². The van der Waals surface area contributed by atoms with Crippen LogP contribution in [0.1, 0.15) is 17.5 Å².